The number of hydrogen-bond acceptors (Lipinski definition) is 3. The second-order valence-electron chi connectivity index (χ2n) is 2.59. The summed E-state index contributed by atoms with van der Waals surface area (Å²) < 4.78 is 5.02. The number of benzene rings is 1. The molecule has 1 unspecified atom stereocenters. The third-order valence-electron chi connectivity index (χ3n) is 1.25. The van der Waals surface area contributed by atoms with Gasteiger partial charge in [0.1, 0.15) is 5.75 Å². The van der Waals surface area contributed by atoms with Crippen LogP contribution in [0.25, 0.3) is 0 Å². The lowest BCUT2D eigenvalue weighted by Crippen LogP contribution is -1.99. The van der Waals surface area contributed by atoms with Crippen LogP contribution in [0.4, 0.5) is 5.69 Å². The Hall–Kier alpha value is -0.920. The van der Waals surface area contributed by atoms with Crippen LogP contribution in [-0.4, -0.2) is 7.11 Å². The van der Waals surface area contributed by atoms with Gasteiger partial charge in [0.2, 0.25) is 0 Å². The number of allylic oxidation sites excluding steroid dienone is 1. The Morgan fingerprint density at radius 2 is 1.88 bits per heavy atom. The molecule has 1 aromatic rings. The van der Waals surface area contributed by atoms with Crippen LogP contribution in [0.2, 0.25) is 0 Å². The maximum Gasteiger partial charge on any atom is 0.126 e. The molecule has 2 nitrogen and oxygen atoms in total. The average molecular weight is 257 g/mol. The van der Waals surface area contributed by atoms with Crippen molar-refractivity contribution in [1.29, 1.82) is 0 Å². The van der Waals surface area contributed by atoms with E-state index < -0.39 is 0 Å². The number of thiol groups is 1. The van der Waals surface area contributed by atoms with Crippen LogP contribution in [0.1, 0.15) is 6.92 Å². The molecule has 1 atom stereocenters. The number of methoxy groups -OCH3 is 1. The number of hydrogen-bond donors (Lipinski definition) is 2. The Kier molecular flexibility index (Phi) is 13.3. The average Bonchev–Trinajstić information content (AvgIpc) is 2.20. The van der Waals surface area contributed by atoms with Crippen LogP contribution in [0, 0.1) is 0 Å². The van der Waals surface area contributed by atoms with Crippen LogP contribution >= 0.6 is 21.9 Å². The van der Waals surface area contributed by atoms with Gasteiger partial charge in [-0.15, -0.1) is 15.8 Å². The van der Waals surface area contributed by atoms with E-state index in [9.17, 15) is 0 Å². The lowest BCUT2D eigenvalue weighted by Gasteiger charge is -2.03. The molecule has 0 fully saturated rings. The molecule has 4 heteroatoms. The quantitative estimate of drug-likeness (QED) is 0.351. The van der Waals surface area contributed by atoms with Crippen molar-refractivity contribution in [1.82, 2.24) is 0 Å². The normalized spacial score (nSPS) is 7.50. The van der Waals surface area contributed by atoms with E-state index in [2.05, 4.69) is 35.0 Å². The topological polar surface area (TPSA) is 35.2 Å². The predicted molar refractivity (Wildman–Crippen MR) is 81.8 cm³/mol. The monoisotopic (exact) mass is 257 g/mol. The summed E-state index contributed by atoms with van der Waals surface area (Å²) in [5, 5.41) is 2.43. The standard InChI is InChI=1S/C7H10NOP.C3H6.C2H4S/c1-9-6-3-2-5(8)4-7(6)10;1-3-2;1-2-3/h2-4H,8,10H2,1H3;3H,1H2,2H3;2-3H,1H2. The van der Waals surface area contributed by atoms with Crippen LogP contribution in [0.15, 0.2) is 42.8 Å². The third kappa shape index (κ3) is 9.63. The minimum absolute atomic E-state index is 0.755. The molecule has 0 bridgehead atoms. The van der Waals surface area contributed by atoms with Gasteiger partial charge in [0.25, 0.3) is 0 Å². The Morgan fingerprint density at radius 3 is 2.19 bits per heavy atom. The smallest absolute Gasteiger partial charge is 0.126 e. The molecule has 16 heavy (non-hydrogen) atoms. The van der Waals surface area contributed by atoms with Gasteiger partial charge in [-0.05, 0) is 30.5 Å². The summed E-state index contributed by atoms with van der Waals surface area (Å²) >= 11 is 3.55. The number of ether oxygens (including phenoxy) is 1. The summed E-state index contributed by atoms with van der Waals surface area (Å²) in [6.07, 6.45) is 1.75. The summed E-state index contributed by atoms with van der Waals surface area (Å²) in [4.78, 5) is 0. The summed E-state index contributed by atoms with van der Waals surface area (Å²) in [5.41, 5.74) is 6.27. The molecule has 0 aromatic heterocycles. The molecule has 90 valence electrons. The van der Waals surface area contributed by atoms with E-state index in [-0.39, 0.29) is 0 Å². The first-order valence-corrected chi connectivity index (χ1v) is 5.67. The van der Waals surface area contributed by atoms with Gasteiger partial charge in [0, 0.05) is 11.0 Å². The molecule has 0 aliphatic rings. The number of anilines is 1. The zero-order chi connectivity index (χ0) is 13.0. The molecular weight excluding hydrogens is 237 g/mol. The largest absolute Gasteiger partial charge is 0.496 e. The summed E-state index contributed by atoms with van der Waals surface area (Å²) in [6.45, 7) is 8.48. The molecule has 0 saturated heterocycles. The van der Waals surface area contributed by atoms with Crippen LogP contribution in [-0.2, 0) is 0 Å². The van der Waals surface area contributed by atoms with Crippen molar-refractivity contribution >= 4 is 32.9 Å². The zero-order valence-electron chi connectivity index (χ0n) is 9.81. The van der Waals surface area contributed by atoms with Crippen molar-refractivity contribution in [3.63, 3.8) is 0 Å². The van der Waals surface area contributed by atoms with Gasteiger partial charge >= 0.3 is 0 Å². The number of nitrogens with two attached hydrogens (primary N) is 1. The lowest BCUT2D eigenvalue weighted by molar-refractivity contribution is 0.418. The first kappa shape index (κ1) is 17.5. The highest BCUT2D eigenvalue weighted by atomic mass is 32.1. The second kappa shape index (κ2) is 12.2. The van der Waals surface area contributed by atoms with E-state index in [0.29, 0.717) is 0 Å². The molecular formula is C12H20NOPS. The van der Waals surface area contributed by atoms with Crippen molar-refractivity contribution in [3.8, 4) is 5.75 Å². The van der Waals surface area contributed by atoms with Crippen molar-refractivity contribution in [2.75, 3.05) is 12.8 Å². The minimum atomic E-state index is 0.755. The molecule has 0 spiro atoms. The summed E-state index contributed by atoms with van der Waals surface area (Å²) in [6, 6.07) is 5.51. The highest BCUT2D eigenvalue weighted by molar-refractivity contribution is 7.83. The van der Waals surface area contributed by atoms with E-state index in [1.165, 1.54) is 5.41 Å². The first-order valence-electron chi connectivity index (χ1n) is 4.58. The SMILES string of the molecule is C=CC.C=CS.COc1ccc(N)cc1P. The van der Waals surface area contributed by atoms with E-state index in [1.54, 1.807) is 13.2 Å². The van der Waals surface area contributed by atoms with Gasteiger partial charge in [-0.1, -0.05) is 12.7 Å². The van der Waals surface area contributed by atoms with E-state index in [1.807, 2.05) is 25.1 Å². The fourth-order valence-corrected chi connectivity index (χ4v) is 1.16. The molecule has 0 aliphatic heterocycles. The predicted octanol–water partition coefficient (Wildman–Crippen LogP) is 3.03. The van der Waals surface area contributed by atoms with E-state index in [0.717, 1.165) is 16.7 Å². The summed E-state index contributed by atoms with van der Waals surface area (Å²) in [7, 11) is 4.20. The van der Waals surface area contributed by atoms with Crippen LogP contribution < -0.4 is 15.8 Å². The van der Waals surface area contributed by atoms with Gasteiger partial charge in [-0.2, -0.15) is 12.6 Å². The lowest BCUT2D eigenvalue weighted by atomic mass is 10.3. The fraction of sp³-hybridized carbons (Fsp3) is 0.167. The highest BCUT2D eigenvalue weighted by Gasteiger charge is 1.95. The van der Waals surface area contributed by atoms with Gasteiger partial charge in [-0.25, -0.2) is 0 Å². The van der Waals surface area contributed by atoms with Crippen molar-refractivity contribution < 1.29 is 4.74 Å². The highest BCUT2D eigenvalue weighted by Crippen LogP contribution is 2.12. The van der Waals surface area contributed by atoms with Gasteiger partial charge < -0.3 is 10.5 Å². The number of nitrogen functional groups attached to an aromatic ring is 1. The molecule has 2 N–H and O–H groups in total. The van der Waals surface area contributed by atoms with E-state index >= 15 is 0 Å². The van der Waals surface area contributed by atoms with Crippen molar-refractivity contribution in [2.24, 2.45) is 0 Å². The molecule has 0 heterocycles. The Balaban J connectivity index is 0. The maximum absolute atomic E-state index is 5.51. The summed E-state index contributed by atoms with van der Waals surface area (Å²) in [5.74, 6) is 0.846. The number of rotatable bonds is 1. The Morgan fingerprint density at radius 1 is 1.44 bits per heavy atom. The molecule has 0 saturated carbocycles. The van der Waals surface area contributed by atoms with Crippen molar-refractivity contribution in [2.45, 2.75) is 6.92 Å². The molecule has 0 aliphatic carbocycles. The third-order valence-corrected chi connectivity index (χ3v) is 1.70. The molecule has 0 radical (unpaired) electrons. The molecule has 1 rings (SSSR count). The fourth-order valence-electron chi connectivity index (χ4n) is 0.753. The van der Waals surface area contributed by atoms with Gasteiger partial charge in [0.15, 0.2) is 0 Å². The van der Waals surface area contributed by atoms with Crippen LogP contribution in [0.3, 0.4) is 0 Å². The van der Waals surface area contributed by atoms with Crippen molar-refractivity contribution in [3.05, 3.63) is 42.8 Å². The zero-order valence-corrected chi connectivity index (χ0v) is 11.9. The minimum Gasteiger partial charge on any atom is -0.496 e. The van der Waals surface area contributed by atoms with Crippen LogP contribution in [0.5, 0.6) is 5.75 Å². The Labute approximate surface area is 106 Å². The maximum atomic E-state index is 5.51. The van der Waals surface area contributed by atoms with E-state index in [4.69, 9.17) is 10.5 Å². The van der Waals surface area contributed by atoms with Gasteiger partial charge in [-0.3, -0.25) is 0 Å². The second-order valence-corrected chi connectivity index (χ2v) is 3.58. The molecule has 0 amide bonds. The first-order chi connectivity index (χ1) is 7.56. The molecule has 1 aromatic carbocycles. The Bertz CT molecular complexity index is 310. The van der Waals surface area contributed by atoms with Gasteiger partial charge in [0.05, 0.1) is 7.11 Å².